The third kappa shape index (κ3) is 5.41. The minimum absolute atomic E-state index is 0.0648. The van der Waals surface area contributed by atoms with E-state index in [1.165, 1.54) is 0 Å². The highest BCUT2D eigenvalue weighted by molar-refractivity contribution is 5.96. The van der Waals surface area contributed by atoms with Crippen LogP contribution in [0.15, 0.2) is 36.7 Å². The Balaban J connectivity index is 0.000000396. The molecule has 10 heteroatoms. The zero-order valence-corrected chi connectivity index (χ0v) is 19.7. The molecule has 10 nitrogen and oxygen atoms in total. The first-order chi connectivity index (χ1) is 16.3. The van der Waals surface area contributed by atoms with Crippen LogP contribution in [-0.4, -0.2) is 70.4 Å². The van der Waals surface area contributed by atoms with E-state index in [0.717, 1.165) is 24.6 Å². The van der Waals surface area contributed by atoms with E-state index < -0.39 is 0 Å². The Bertz CT molecular complexity index is 1180. The first-order valence-corrected chi connectivity index (χ1v) is 11.0. The smallest absolute Gasteiger partial charge is 0.319 e. The summed E-state index contributed by atoms with van der Waals surface area (Å²) >= 11 is 0. The molecule has 1 aliphatic heterocycles. The first kappa shape index (κ1) is 24.9. The lowest BCUT2D eigenvalue weighted by Crippen LogP contribution is -2.55. The van der Waals surface area contributed by atoms with Crippen LogP contribution in [0.5, 0.6) is 11.5 Å². The number of aryl methyl sites for hydroxylation is 1. The summed E-state index contributed by atoms with van der Waals surface area (Å²) in [6.45, 7) is 7.03. The molecule has 1 aromatic carbocycles. The number of amides is 2. The molecule has 0 saturated carbocycles. The number of rotatable bonds is 6. The summed E-state index contributed by atoms with van der Waals surface area (Å²) < 4.78 is 7.57. The lowest BCUT2D eigenvalue weighted by molar-refractivity contribution is -0.0352. The van der Waals surface area contributed by atoms with Crippen LogP contribution in [0.4, 0.5) is 10.5 Å². The number of likely N-dealkylation sites (tertiary alicyclic amines) is 1. The lowest BCUT2D eigenvalue weighted by Gasteiger charge is -2.40. The Morgan fingerprint density at radius 3 is 2.68 bits per heavy atom. The molecule has 1 aliphatic rings. The molecule has 180 valence electrons. The number of carbonyl (C=O) groups excluding carboxylic acids is 2. The molecular weight excluding hydrogens is 436 g/mol. The summed E-state index contributed by atoms with van der Waals surface area (Å²) in [6.07, 6.45) is 5.09. The van der Waals surface area contributed by atoms with Crippen molar-refractivity contribution in [2.45, 2.75) is 32.9 Å². The first-order valence-electron chi connectivity index (χ1n) is 11.0. The quantitative estimate of drug-likeness (QED) is 0.326. The molecule has 0 radical (unpaired) electrons. The molecule has 3 heterocycles. The third-order valence-corrected chi connectivity index (χ3v) is 5.78. The van der Waals surface area contributed by atoms with E-state index >= 15 is 0 Å². The van der Waals surface area contributed by atoms with Gasteiger partial charge in [-0.1, -0.05) is 0 Å². The van der Waals surface area contributed by atoms with Crippen LogP contribution in [0.1, 0.15) is 35.3 Å². The van der Waals surface area contributed by atoms with Crippen molar-refractivity contribution in [3.05, 3.63) is 53.3 Å². The Labute approximate surface area is 198 Å². The number of anilines is 1. The zero-order chi connectivity index (χ0) is 24.8. The van der Waals surface area contributed by atoms with Crippen LogP contribution >= 0.6 is 0 Å². The fourth-order valence-electron chi connectivity index (χ4n) is 3.50. The molecule has 1 fully saturated rings. The van der Waals surface area contributed by atoms with E-state index in [1.807, 2.05) is 27.8 Å². The predicted molar refractivity (Wildman–Crippen MR) is 131 cm³/mol. The fourth-order valence-corrected chi connectivity index (χ4v) is 3.50. The number of urea groups is 1. The molecule has 34 heavy (non-hydrogen) atoms. The molecule has 2 aromatic heterocycles. The number of benzene rings is 1. The van der Waals surface area contributed by atoms with Gasteiger partial charge in [-0.2, -0.15) is 5.10 Å². The predicted octanol–water partition coefficient (Wildman–Crippen LogP) is 3.07. The van der Waals surface area contributed by atoms with Gasteiger partial charge in [0.05, 0.1) is 18.0 Å². The van der Waals surface area contributed by atoms with Crippen molar-refractivity contribution in [3.8, 4) is 11.5 Å². The topological polar surface area (TPSA) is 132 Å². The van der Waals surface area contributed by atoms with Crippen molar-refractivity contribution >= 4 is 29.7 Å². The van der Waals surface area contributed by atoms with Gasteiger partial charge in [-0.25, -0.2) is 9.31 Å². The van der Waals surface area contributed by atoms with Crippen LogP contribution < -0.4 is 15.4 Å². The van der Waals surface area contributed by atoms with Crippen LogP contribution in [-0.2, 0) is 0 Å². The van der Waals surface area contributed by atoms with Gasteiger partial charge < -0.3 is 25.9 Å². The van der Waals surface area contributed by atoms with Gasteiger partial charge in [0.1, 0.15) is 11.3 Å². The summed E-state index contributed by atoms with van der Waals surface area (Å²) in [7, 11) is 2.01. The molecule has 1 saturated heterocycles. The third-order valence-electron chi connectivity index (χ3n) is 5.78. The Morgan fingerprint density at radius 1 is 1.35 bits per heavy atom. The van der Waals surface area contributed by atoms with Crippen molar-refractivity contribution in [1.82, 2.24) is 19.8 Å². The monoisotopic (exact) mass is 466 g/mol. The number of ether oxygens (including phenoxy) is 1. The normalized spacial score (nSPS) is 17.2. The number of aldehydes is 1. The number of likely N-dealkylation sites (N-methyl/N-ethyl adjacent to an activating group) is 1. The minimum Gasteiger partial charge on any atom is -0.455 e. The van der Waals surface area contributed by atoms with Crippen LogP contribution in [0, 0.1) is 12.3 Å². The van der Waals surface area contributed by atoms with Gasteiger partial charge in [0.25, 0.3) is 0 Å². The number of aromatic nitrogens is 2. The summed E-state index contributed by atoms with van der Waals surface area (Å²) in [5.74, 6) is 1.03. The number of carbonyl (C=O) groups is 2. The van der Waals surface area contributed by atoms with E-state index in [2.05, 4.69) is 20.6 Å². The van der Waals surface area contributed by atoms with Crippen molar-refractivity contribution in [1.29, 1.82) is 5.41 Å². The lowest BCUT2D eigenvalue weighted by atomic mass is 10.0. The summed E-state index contributed by atoms with van der Waals surface area (Å²) in [5, 5.41) is 26.0. The number of nitrogens with one attached hydrogen (secondary N) is 3. The van der Waals surface area contributed by atoms with Gasteiger partial charge in [0.2, 0.25) is 0 Å². The van der Waals surface area contributed by atoms with Crippen molar-refractivity contribution in [3.63, 3.8) is 0 Å². The molecule has 2 amide bonds. The maximum atomic E-state index is 11.7. The maximum Gasteiger partial charge on any atom is 0.319 e. The van der Waals surface area contributed by atoms with E-state index in [9.17, 15) is 9.59 Å². The summed E-state index contributed by atoms with van der Waals surface area (Å²) in [5.41, 5.74) is 3.02. The summed E-state index contributed by atoms with van der Waals surface area (Å²) in [6, 6.07) is 6.79. The van der Waals surface area contributed by atoms with E-state index in [4.69, 9.17) is 15.3 Å². The average molecular weight is 467 g/mol. The number of aliphatic hydroxyl groups excluding tert-OH is 1. The Kier molecular flexibility index (Phi) is 7.98. The van der Waals surface area contributed by atoms with Crippen LogP contribution in [0.25, 0.3) is 5.52 Å². The second-order valence-electron chi connectivity index (χ2n) is 8.04. The van der Waals surface area contributed by atoms with Crippen molar-refractivity contribution in [2.24, 2.45) is 0 Å². The second-order valence-corrected chi connectivity index (χ2v) is 8.04. The number of nitrogens with zero attached hydrogens (tertiary/aromatic N) is 3. The average Bonchev–Trinajstić information content (AvgIpc) is 3.17. The van der Waals surface area contributed by atoms with E-state index in [0.29, 0.717) is 46.4 Å². The number of hydrogen-bond acceptors (Lipinski definition) is 7. The standard InChI is InChI=1S/C19H19N5O3.C5H11NO/c1-3-21-19(26)23-16-5-4-15(8-13(16)9-20)27-17-6-7-22-24-10-14(11-25)12(2)18(17)24;1-4-5(7)3-6(4)2/h4-11,20H,3H2,1-2H3,(H2,21,23,26);4-5,7H,3H2,1-2H3. The van der Waals surface area contributed by atoms with Crippen molar-refractivity contribution < 1.29 is 19.4 Å². The van der Waals surface area contributed by atoms with Gasteiger partial charge >= 0.3 is 6.03 Å². The highest BCUT2D eigenvalue weighted by Gasteiger charge is 2.29. The highest BCUT2D eigenvalue weighted by atomic mass is 16.5. The van der Waals surface area contributed by atoms with Crippen LogP contribution in [0.3, 0.4) is 0 Å². The fraction of sp³-hybridized carbons (Fsp3) is 0.333. The largest absolute Gasteiger partial charge is 0.455 e. The molecule has 0 bridgehead atoms. The molecular formula is C24H30N6O4. The molecule has 4 rings (SSSR count). The van der Waals surface area contributed by atoms with Gasteiger partial charge in [0, 0.05) is 48.7 Å². The molecule has 2 atom stereocenters. The van der Waals surface area contributed by atoms with Gasteiger partial charge in [0.15, 0.2) is 12.0 Å². The van der Waals surface area contributed by atoms with E-state index in [-0.39, 0.29) is 12.1 Å². The van der Waals surface area contributed by atoms with Crippen molar-refractivity contribution in [2.75, 3.05) is 25.5 Å². The Hall–Kier alpha value is -3.76. The molecule has 0 spiro atoms. The molecule has 2 unspecified atom stereocenters. The number of hydrogen-bond donors (Lipinski definition) is 4. The highest BCUT2D eigenvalue weighted by Crippen LogP contribution is 2.31. The number of aliphatic hydroxyl groups is 1. The zero-order valence-electron chi connectivity index (χ0n) is 19.7. The molecule has 3 aromatic rings. The number of fused-ring (bicyclic) bond motifs is 1. The minimum atomic E-state index is -0.338. The van der Waals surface area contributed by atoms with Crippen LogP contribution in [0.2, 0.25) is 0 Å². The molecule has 4 N–H and O–H groups in total. The molecule has 0 aliphatic carbocycles. The SMILES string of the molecule is CC1C(O)CN1C.CCNC(=O)Nc1ccc(Oc2ccnn3cc(C=O)c(C)c23)cc1C=N. The maximum absolute atomic E-state index is 11.7. The van der Waals surface area contributed by atoms with Gasteiger partial charge in [-0.15, -0.1) is 0 Å². The summed E-state index contributed by atoms with van der Waals surface area (Å²) in [4.78, 5) is 25.0. The second kappa shape index (κ2) is 10.9. The van der Waals surface area contributed by atoms with Gasteiger partial charge in [-0.3, -0.25) is 9.69 Å². The van der Waals surface area contributed by atoms with E-state index in [1.54, 1.807) is 41.2 Å². The Morgan fingerprint density at radius 2 is 2.12 bits per heavy atom. The van der Waals surface area contributed by atoms with Gasteiger partial charge in [-0.05, 0) is 51.6 Å². The number of β-amino-alcohol motifs (C(OH)–C–C–N with tert-alkyl or cyclic N) is 1.